The van der Waals surface area contributed by atoms with Crippen molar-refractivity contribution in [1.82, 2.24) is 4.72 Å². The van der Waals surface area contributed by atoms with Crippen molar-refractivity contribution in [1.29, 1.82) is 0 Å². The summed E-state index contributed by atoms with van der Waals surface area (Å²) in [5.74, 6) is 0.451. The number of hydrogen-bond acceptors (Lipinski definition) is 4. The van der Waals surface area contributed by atoms with E-state index in [2.05, 4.69) is 9.57 Å². The molecule has 27 heavy (non-hydrogen) atoms. The molecule has 1 aliphatic rings. The van der Waals surface area contributed by atoms with Crippen molar-refractivity contribution in [3.05, 3.63) is 65.0 Å². The van der Waals surface area contributed by atoms with Crippen LogP contribution in [0, 0.1) is 6.57 Å². The molecule has 2 atom stereocenters. The van der Waals surface area contributed by atoms with Crippen molar-refractivity contribution in [2.75, 3.05) is 0 Å². The number of benzene rings is 2. The Morgan fingerprint density at radius 1 is 1.22 bits per heavy atom. The van der Waals surface area contributed by atoms with E-state index >= 15 is 0 Å². The van der Waals surface area contributed by atoms with Gasteiger partial charge in [-0.05, 0) is 50.1 Å². The van der Waals surface area contributed by atoms with Gasteiger partial charge in [0.25, 0.3) is 0 Å². The molecule has 6 nitrogen and oxygen atoms in total. The van der Waals surface area contributed by atoms with Crippen LogP contribution < -0.4 is 9.46 Å². The third kappa shape index (κ3) is 3.69. The number of nitrogens with one attached hydrogen (secondary N) is 1. The predicted octanol–water partition coefficient (Wildman–Crippen LogP) is 3.35. The molecule has 1 heterocycles. The van der Waals surface area contributed by atoms with Crippen LogP contribution in [0.4, 0.5) is 5.69 Å². The molecule has 0 radical (unpaired) electrons. The van der Waals surface area contributed by atoms with Gasteiger partial charge in [-0.25, -0.2) is 18.0 Å². The molecule has 0 fully saturated rings. The van der Waals surface area contributed by atoms with Crippen molar-refractivity contribution >= 4 is 15.7 Å². The van der Waals surface area contributed by atoms with E-state index in [-0.39, 0.29) is 4.90 Å². The van der Waals surface area contributed by atoms with Gasteiger partial charge in [0.15, 0.2) is 5.69 Å². The molecule has 0 amide bonds. The maximum Gasteiger partial charge on any atom is 0.241 e. The van der Waals surface area contributed by atoms with Crippen molar-refractivity contribution in [3.63, 3.8) is 0 Å². The van der Waals surface area contributed by atoms with Crippen LogP contribution in [-0.2, 0) is 16.4 Å². The van der Waals surface area contributed by atoms with E-state index in [0.717, 1.165) is 12.0 Å². The van der Waals surface area contributed by atoms with Crippen LogP contribution in [0.5, 0.6) is 5.75 Å². The van der Waals surface area contributed by atoms with Crippen molar-refractivity contribution < 1.29 is 18.3 Å². The number of sulfonamides is 1. The van der Waals surface area contributed by atoms with Crippen LogP contribution in [0.25, 0.3) is 4.85 Å². The van der Waals surface area contributed by atoms with E-state index < -0.39 is 27.8 Å². The Bertz CT molecular complexity index is 992. The normalized spacial score (nSPS) is 21.0. The fourth-order valence-corrected chi connectivity index (χ4v) is 4.34. The van der Waals surface area contributed by atoms with Crippen LogP contribution in [-0.4, -0.2) is 25.2 Å². The Morgan fingerprint density at radius 2 is 1.89 bits per heavy atom. The van der Waals surface area contributed by atoms with Gasteiger partial charge in [-0.1, -0.05) is 25.1 Å². The van der Waals surface area contributed by atoms with Gasteiger partial charge in [0, 0.05) is 5.56 Å². The predicted molar refractivity (Wildman–Crippen MR) is 102 cm³/mol. The Hall–Kier alpha value is -2.40. The lowest BCUT2D eigenvalue weighted by molar-refractivity contribution is -0.0602. The summed E-state index contributed by atoms with van der Waals surface area (Å²) >= 11 is 0. The fourth-order valence-electron chi connectivity index (χ4n) is 3.12. The molecule has 0 bridgehead atoms. The molecule has 0 aromatic heterocycles. The molecular formula is C20H22N2O4S. The highest BCUT2D eigenvalue weighted by Gasteiger charge is 2.44. The van der Waals surface area contributed by atoms with Crippen molar-refractivity contribution in [3.8, 4) is 5.75 Å². The van der Waals surface area contributed by atoms with E-state index in [4.69, 9.17) is 11.3 Å². The average molecular weight is 386 g/mol. The highest BCUT2D eigenvalue weighted by atomic mass is 32.2. The minimum absolute atomic E-state index is 0.124. The number of fused-ring (bicyclic) bond motifs is 1. The lowest BCUT2D eigenvalue weighted by atomic mass is 9.87. The number of rotatable bonds is 4. The first kappa shape index (κ1) is 19.4. The maximum atomic E-state index is 12.9. The van der Waals surface area contributed by atoms with Crippen LogP contribution in [0.2, 0.25) is 0 Å². The van der Waals surface area contributed by atoms with E-state index in [1.165, 1.54) is 0 Å². The summed E-state index contributed by atoms with van der Waals surface area (Å²) in [4.78, 5) is 3.51. The zero-order valence-corrected chi connectivity index (χ0v) is 16.2. The van der Waals surface area contributed by atoms with Crippen LogP contribution in [0.1, 0.15) is 37.9 Å². The Balaban J connectivity index is 2.02. The molecule has 2 aromatic carbocycles. The lowest BCUT2D eigenvalue weighted by Gasteiger charge is -2.42. The molecule has 0 saturated carbocycles. The van der Waals surface area contributed by atoms with Gasteiger partial charge in [0.1, 0.15) is 17.5 Å². The first-order chi connectivity index (χ1) is 12.7. The maximum absolute atomic E-state index is 12.9. The highest BCUT2D eigenvalue weighted by molar-refractivity contribution is 7.89. The molecule has 2 N–H and O–H groups in total. The summed E-state index contributed by atoms with van der Waals surface area (Å²) < 4.78 is 34.2. The molecule has 2 unspecified atom stereocenters. The Morgan fingerprint density at radius 3 is 2.48 bits per heavy atom. The van der Waals surface area contributed by atoms with Crippen molar-refractivity contribution in [2.24, 2.45) is 0 Å². The summed E-state index contributed by atoms with van der Waals surface area (Å²) in [6.07, 6.45) is -0.316. The number of hydrogen-bond donors (Lipinski definition) is 2. The first-order valence-electron chi connectivity index (χ1n) is 8.67. The molecule has 142 valence electrons. The second kappa shape index (κ2) is 6.97. The zero-order valence-electron chi connectivity index (χ0n) is 15.4. The van der Waals surface area contributed by atoms with Gasteiger partial charge in [-0.2, -0.15) is 0 Å². The highest BCUT2D eigenvalue weighted by Crippen LogP contribution is 2.42. The number of aliphatic hydroxyl groups is 1. The molecule has 2 aromatic rings. The number of ether oxygens (including phenoxy) is 1. The minimum Gasteiger partial charge on any atom is -0.485 e. The summed E-state index contributed by atoms with van der Waals surface area (Å²) in [5.41, 5.74) is 0.837. The molecule has 0 aliphatic carbocycles. The molecule has 1 aliphatic heterocycles. The Labute approximate surface area is 159 Å². The fraction of sp³-hybridized carbons (Fsp3) is 0.350. The molecular weight excluding hydrogens is 364 g/mol. The second-order valence-corrected chi connectivity index (χ2v) is 8.79. The van der Waals surface area contributed by atoms with E-state index in [1.807, 2.05) is 6.92 Å². The molecule has 7 heteroatoms. The number of aryl methyl sites for hydroxylation is 1. The van der Waals surface area contributed by atoms with Crippen LogP contribution in [0.3, 0.4) is 0 Å². The summed E-state index contributed by atoms with van der Waals surface area (Å²) in [6.45, 7) is 12.6. The van der Waals surface area contributed by atoms with Gasteiger partial charge >= 0.3 is 0 Å². The third-order valence-electron chi connectivity index (χ3n) is 4.78. The van der Waals surface area contributed by atoms with Gasteiger partial charge in [-0.15, -0.1) is 0 Å². The summed E-state index contributed by atoms with van der Waals surface area (Å²) in [6, 6.07) is 10.5. The molecule has 0 spiro atoms. The van der Waals surface area contributed by atoms with Gasteiger partial charge < -0.3 is 9.84 Å². The largest absolute Gasteiger partial charge is 0.485 e. The second-order valence-electron chi connectivity index (χ2n) is 7.08. The number of aliphatic hydroxyl groups excluding tert-OH is 1. The smallest absolute Gasteiger partial charge is 0.241 e. The van der Waals surface area contributed by atoms with Gasteiger partial charge in [0.2, 0.25) is 10.0 Å². The van der Waals surface area contributed by atoms with Crippen LogP contribution >= 0.6 is 0 Å². The van der Waals surface area contributed by atoms with E-state index in [9.17, 15) is 13.5 Å². The minimum atomic E-state index is -3.87. The summed E-state index contributed by atoms with van der Waals surface area (Å²) in [5, 5.41) is 10.8. The lowest BCUT2D eigenvalue weighted by Crippen LogP contribution is -2.53. The third-order valence-corrected chi connectivity index (χ3v) is 6.24. The molecule has 0 saturated heterocycles. The standard InChI is InChI=1S/C20H22N2O4S/c1-5-13-6-9-15(10-7-13)27(24,25)22-18-16-12-14(21-4)8-11-17(16)26-20(2,3)19(18)23/h6-12,18-19,22-23H,5H2,1-3H3. The Kier molecular flexibility index (Phi) is 5.00. The van der Waals surface area contributed by atoms with E-state index in [0.29, 0.717) is 17.0 Å². The zero-order chi connectivity index (χ0) is 19.8. The number of nitrogens with zero attached hydrogens (tertiary/aromatic N) is 1. The molecule has 3 rings (SSSR count). The van der Waals surface area contributed by atoms with Crippen LogP contribution in [0.15, 0.2) is 47.4 Å². The first-order valence-corrected chi connectivity index (χ1v) is 10.2. The monoisotopic (exact) mass is 386 g/mol. The van der Waals surface area contributed by atoms with Crippen molar-refractivity contribution in [2.45, 2.75) is 49.8 Å². The average Bonchev–Trinajstić information content (AvgIpc) is 2.65. The SMILES string of the molecule is [C-]#[N+]c1ccc2c(c1)C(NS(=O)(=O)c1ccc(CC)cc1)C(O)C(C)(C)O2. The quantitative estimate of drug-likeness (QED) is 0.790. The summed E-state index contributed by atoms with van der Waals surface area (Å²) in [7, 11) is -3.87. The van der Waals surface area contributed by atoms with Gasteiger partial charge in [-0.3, -0.25) is 0 Å². The van der Waals surface area contributed by atoms with Gasteiger partial charge in [0.05, 0.1) is 17.5 Å². The van der Waals surface area contributed by atoms with E-state index in [1.54, 1.807) is 56.3 Å². The topological polar surface area (TPSA) is 80.0 Å².